The van der Waals surface area contributed by atoms with Crippen LogP contribution in [0.2, 0.25) is 0 Å². The Hall–Kier alpha value is -0.120. The lowest BCUT2D eigenvalue weighted by atomic mass is 10.4. The molecule has 0 saturated heterocycles. The van der Waals surface area contributed by atoms with Crippen LogP contribution in [0.5, 0.6) is 0 Å². The van der Waals surface area contributed by atoms with Gasteiger partial charge in [0, 0.05) is 13.2 Å². The van der Waals surface area contributed by atoms with Crippen LogP contribution in [0.1, 0.15) is 19.8 Å². The lowest BCUT2D eigenvalue weighted by Gasteiger charge is -2.09. The van der Waals surface area contributed by atoms with E-state index < -0.39 is 0 Å². The summed E-state index contributed by atoms with van der Waals surface area (Å²) in [7, 11) is 4.15. The summed E-state index contributed by atoms with van der Waals surface area (Å²) in [5, 5.41) is 0. The molecule has 0 aliphatic carbocycles. The normalized spacial score (nSPS) is 11.1. The van der Waals surface area contributed by atoms with E-state index in [9.17, 15) is 0 Å². The Balaban J connectivity index is 2.84. The first-order valence-corrected chi connectivity index (χ1v) is 5.07. The fraction of sp³-hybridized carbons (Fsp3) is 1.00. The molecule has 3 heteroatoms. The molecule has 0 rings (SSSR count). The number of hydrogen-bond donors (Lipinski definition) is 0. The summed E-state index contributed by atoms with van der Waals surface area (Å²) in [6.45, 7) is 6.35. The van der Waals surface area contributed by atoms with Gasteiger partial charge in [-0.1, -0.05) is 6.92 Å². The maximum atomic E-state index is 5.38. The first-order valence-electron chi connectivity index (χ1n) is 5.07. The van der Waals surface area contributed by atoms with Crippen LogP contribution in [-0.2, 0) is 9.47 Å². The Morgan fingerprint density at radius 1 is 0.923 bits per heavy atom. The van der Waals surface area contributed by atoms with Crippen molar-refractivity contribution in [1.29, 1.82) is 0 Å². The molecular weight excluding hydrogens is 166 g/mol. The molecule has 3 nitrogen and oxygen atoms in total. The molecule has 0 heterocycles. The second kappa shape index (κ2) is 9.96. The Kier molecular flexibility index (Phi) is 9.87. The smallest absolute Gasteiger partial charge is 0.0700 e. The molecular formula is C10H23NO2. The molecule has 0 amide bonds. The lowest BCUT2D eigenvalue weighted by Crippen LogP contribution is -2.15. The quantitative estimate of drug-likeness (QED) is 0.511. The zero-order valence-electron chi connectivity index (χ0n) is 9.21. The predicted molar refractivity (Wildman–Crippen MR) is 55.1 cm³/mol. The molecule has 0 spiro atoms. The zero-order valence-corrected chi connectivity index (χ0v) is 9.21. The van der Waals surface area contributed by atoms with Crippen molar-refractivity contribution in [2.24, 2.45) is 0 Å². The molecule has 0 unspecified atom stereocenters. The SMILES string of the molecule is CCCOCCOCCCN(C)C. The van der Waals surface area contributed by atoms with Crippen molar-refractivity contribution in [3.8, 4) is 0 Å². The van der Waals surface area contributed by atoms with Crippen molar-refractivity contribution in [1.82, 2.24) is 4.90 Å². The highest BCUT2D eigenvalue weighted by Gasteiger charge is 1.91. The summed E-state index contributed by atoms with van der Waals surface area (Å²) in [5.41, 5.74) is 0. The van der Waals surface area contributed by atoms with Gasteiger partial charge in [-0.2, -0.15) is 0 Å². The largest absolute Gasteiger partial charge is 0.379 e. The molecule has 13 heavy (non-hydrogen) atoms. The van der Waals surface area contributed by atoms with Crippen molar-refractivity contribution in [3.05, 3.63) is 0 Å². The monoisotopic (exact) mass is 189 g/mol. The van der Waals surface area contributed by atoms with Gasteiger partial charge in [-0.15, -0.1) is 0 Å². The molecule has 0 aliphatic rings. The van der Waals surface area contributed by atoms with Crippen molar-refractivity contribution >= 4 is 0 Å². The molecule has 0 aromatic heterocycles. The number of ether oxygens (including phenoxy) is 2. The number of hydrogen-bond acceptors (Lipinski definition) is 3. The van der Waals surface area contributed by atoms with E-state index in [0.29, 0.717) is 0 Å². The van der Waals surface area contributed by atoms with Crippen LogP contribution in [0.3, 0.4) is 0 Å². The van der Waals surface area contributed by atoms with Gasteiger partial charge in [0.2, 0.25) is 0 Å². The van der Waals surface area contributed by atoms with Gasteiger partial charge in [-0.3, -0.25) is 0 Å². The highest BCUT2D eigenvalue weighted by Crippen LogP contribution is 1.86. The Morgan fingerprint density at radius 3 is 2.08 bits per heavy atom. The van der Waals surface area contributed by atoms with E-state index >= 15 is 0 Å². The third-order valence-electron chi connectivity index (χ3n) is 1.61. The lowest BCUT2D eigenvalue weighted by molar-refractivity contribution is 0.0456. The van der Waals surface area contributed by atoms with E-state index in [4.69, 9.17) is 9.47 Å². The molecule has 0 saturated carbocycles. The molecule has 0 radical (unpaired) electrons. The van der Waals surface area contributed by atoms with Gasteiger partial charge in [-0.05, 0) is 33.5 Å². The van der Waals surface area contributed by atoms with Crippen LogP contribution in [0.4, 0.5) is 0 Å². The topological polar surface area (TPSA) is 21.7 Å². The predicted octanol–water partition coefficient (Wildman–Crippen LogP) is 1.38. The van der Waals surface area contributed by atoms with Crippen LogP contribution in [0, 0.1) is 0 Å². The number of nitrogens with zero attached hydrogens (tertiary/aromatic N) is 1. The highest BCUT2D eigenvalue weighted by atomic mass is 16.5. The molecule has 0 aliphatic heterocycles. The van der Waals surface area contributed by atoms with Crippen molar-refractivity contribution < 1.29 is 9.47 Å². The first kappa shape index (κ1) is 12.9. The third kappa shape index (κ3) is 11.9. The summed E-state index contributed by atoms with van der Waals surface area (Å²) < 4.78 is 10.7. The summed E-state index contributed by atoms with van der Waals surface area (Å²) in [5.74, 6) is 0. The molecule has 0 aromatic rings. The van der Waals surface area contributed by atoms with E-state index in [1.807, 2.05) is 0 Å². The number of rotatable bonds is 9. The molecule has 0 fully saturated rings. The Bertz CT molecular complexity index is 96.9. The van der Waals surface area contributed by atoms with Gasteiger partial charge in [-0.25, -0.2) is 0 Å². The van der Waals surface area contributed by atoms with E-state index in [0.717, 1.165) is 45.8 Å². The average Bonchev–Trinajstić information content (AvgIpc) is 2.09. The third-order valence-corrected chi connectivity index (χ3v) is 1.61. The summed E-state index contributed by atoms with van der Waals surface area (Å²) >= 11 is 0. The summed E-state index contributed by atoms with van der Waals surface area (Å²) in [6.07, 6.45) is 2.18. The van der Waals surface area contributed by atoms with Gasteiger partial charge >= 0.3 is 0 Å². The van der Waals surface area contributed by atoms with Crippen LogP contribution < -0.4 is 0 Å². The highest BCUT2D eigenvalue weighted by molar-refractivity contribution is 4.42. The van der Waals surface area contributed by atoms with Gasteiger partial charge < -0.3 is 14.4 Å². The van der Waals surface area contributed by atoms with Gasteiger partial charge in [0.05, 0.1) is 13.2 Å². The van der Waals surface area contributed by atoms with Crippen molar-refractivity contribution in [2.45, 2.75) is 19.8 Å². The molecule has 80 valence electrons. The van der Waals surface area contributed by atoms with E-state index in [1.165, 1.54) is 0 Å². The summed E-state index contributed by atoms with van der Waals surface area (Å²) in [6, 6.07) is 0. The molecule has 0 bridgehead atoms. The molecule has 0 N–H and O–H groups in total. The van der Waals surface area contributed by atoms with Crippen molar-refractivity contribution in [2.75, 3.05) is 47.1 Å². The fourth-order valence-corrected chi connectivity index (χ4v) is 0.949. The Morgan fingerprint density at radius 2 is 1.54 bits per heavy atom. The fourth-order valence-electron chi connectivity index (χ4n) is 0.949. The van der Waals surface area contributed by atoms with Crippen molar-refractivity contribution in [3.63, 3.8) is 0 Å². The minimum Gasteiger partial charge on any atom is -0.379 e. The standard InChI is InChI=1S/C10H23NO2/c1-4-7-12-9-10-13-8-5-6-11(2)3/h4-10H2,1-3H3. The maximum Gasteiger partial charge on any atom is 0.0700 e. The maximum absolute atomic E-state index is 5.38. The second-order valence-electron chi connectivity index (χ2n) is 3.38. The van der Waals surface area contributed by atoms with Gasteiger partial charge in [0.25, 0.3) is 0 Å². The van der Waals surface area contributed by atoms with Crippen LogP contribution in [0.25, 0.3) is 0 Å². The van der Waals surface area contributed by atoms with Crippen LogP contribution in [0.15, 0.2) is 0 Å². The Labute approximate surface area is 82.0 Å². The second-order valence-corrected chi connectivity index (χ2v) is 3.38. The average molecular weight is 189 g/mol. The molecule has 0 atom stereocenters. The van der Waals surface area contributed by atoms with Gasteiger partial charge in [0.15, 0.2) is 0 Å². The van der Waals surface area contributed by atoms with Crippen LogP contribution >= 0.6 is 0 Å². The van der Waals surface area contributed by atoms with E-state index in [2.05, 4.69) is 25.9 Å². The zero-order chi connectivity index (χ0) is 9.94. The van der Waals surface area contributed by atoms with Gasteiger partial charge in [0.1, 0.15) is 0 Å². The van der Waals surface area contributed by atoms with E-state index in [-0.39, 0.29) is 0 Å². The minimum absolute atomic E-state index is 0.730. The minimum atomic E-state index is 0.730. The summed E-state index contributed by atoms with van der Waals surface area (Å²) in [4.78, 5) is 2.16. The van der Waals surface area contributed by atoms with Crippen LogP contribution in [-0.4, -0.2) is 52.0 Å². The first-order chi connectivity index (χ1) is 6.27. The van der Waals surface area contributed by atoms with E-state index in [1.54, 1.807) is 0 Å². The molecule has 0 aromatic carbocycles.